The summed E-state index contributed by atoms with van der Waals surface area (Å²) in [5.41, 5.74) is 6.28. The summed E-state index contributed by atoms with van der Waals surface area (Å²) in [6, 6.07) is 3.54. The third kappa shape index (κ3) is 1.60. The third-order valence-electron chi connectivity index (χ3n) is 1.71. The van der Waals surface area contributed by atoms with E-state index < -0.39 is 0 Å². The van der Waals surface area contributed by atoms with Crippen LogP contribution >= 0.6 is 12.2 Å². The van der Waals surface area contributed by atoms with Crippen molar-refractivity contribution in [1.82, 2.24) is 19.7 Å². The number of aromatic nitrogens is 4. The fourth-order valence-corrected chi connectivity index (χ4v) is 1.16. The fourth-order valence-electron chi connectivity index (χ4n) is 1.03. The lowest BCUT2D eigenvalue weighted by Gasteiger charge is -2.01. The standard InChI is InChI=1S/C8H7N5S/c9-8(14)6-1-2-10-7(3-6)13-4-11-12-5-13/h1-5H,(H2,9,14). The molecule has 0 fully saturated rings. The molecule has 6 heteroatoms. The zero-order valence-corrected chi connectivity index (χ0v) is 7.98. The molecule has 2 rings (SSSR count). The molecule has 0 saturated carbocycles. The van der Waals surface area contributed by atoms with Gasteiger partial charge in [0.15, 0.2) is 0 Å². The first-order valence-corrected chi connectivity index (χ1v) is 4.29. The van der Waals surface area contributed by atoms with Gasteiger partial charge in [0.05, 0.1) is 0 Å². The maximum absolute atomic E-state index is 5.50. The summed E-state index contributed by atoms with van der Waals surface area (Å²) < 4.78 is 1.68. The Morgan fingerprint density at radius 1 is 1.36 bits per heavy atom. The summed E-state index contributed by atoms with van der Waals surface area (Å²) in [6.45, 7) is 0. The molecule has 0 aromatic carbocycles. The van der Waals surface area contributed by atoms with Gasteiger partial charge in [0, 0.05) is 11.8 Å². The Morgan fingerprint density at radius 2 is 2.07 bits per heavy atom. The number of pyridine rings is 1. The zero-order valence-electron chi connectivity index (χ0n) is 7.16. The summed E-state index contributed by atoms with van der Waals surface area (Å²) in [5.74, 6) is 0.695. The van der Waals surface area contributed by atoms with E-state index in [2.05, 4.69) is 15.2 Å². The molecule has 2 N–H and O–H groups in total. The largest absolute Gasteiger partial charge is 0.389 e. The van der Waals surface area contributed by atoms with Crippen LogP contribution in [0.3, 0.4) is 0 Å². The van der Waals surface area contributed by atoms with Crippen LogP contribution in [0.5, 0.6) is 0 Å². The molecule has 14 heavy (non-hydrogen) atoms. The highest BCUT2D eigenvalue weighted by Gasteiger charge is 2.00. The van der Waals surface area contributed by atoms with Gasteiger partial charge in [0.1, 0.15) is 23.5 Å². The lowest BCUT2D eigenvalue weighted by molar-refractivity contribution is 0.990. The predicted molar refractivity (Wildman–Crippen MR) is 55.0 cm³/mol. The highest BCUT2D eigenvalue weighted by molar-refractivity contribution is 7.80. The third-order valence-corrected chi connectivity index (χ3v) is 1.95. The van der Waals surface area contributed by atoms with Crippen molar-refractivity contribution in [3.63, 3.8) is 0 Å². The van der Waals surface area contributed by atoms with Gasteiger partial charge in [-0.2, -0.15) is 0 Å². The Morgan fingerprint density at radius 3 is 2.71 bits per heavy atom. The van der Waals surface area contributed by atoms with Crippen LogP contribution in [0.25, 0.3) is 5.82 Å². The van der Waals surface area contributed by atoms with Crippen LogP contribution in [-0.4, -0.2) is 24.7 Å². The first-order chi connectivity index (χ1) is 6.77. The SMILES string of the molecule is NC(=S)c1ccnc(-n2cnnc2)c1. The Hall–Kier alpha value is -1.82. The van der Waals surface area contributed by atoms with E-state index in [1.165, 1.54) is 0 Å². The predicted octanol–water partition coefficient (Wildman–Crippen LogP) is 0.297. The quantitative estimate of drug-likeness (QED) is 0.714. The summed E-state index contributed by atoms with van der Waals surface area (Å²) >= 11 is 4.86. The molecule has 0 saturated heterocycles. The molecule has 0 amide bonds. The van der Waals surface area contributed by atoms with Gasteiger partial charge in [0.2, 0.25) is 0 Å². The number of rotatable bonds is 2. The van der Waals surface area contributed by atoms with Crippen molar-refractivity contribution in [2.24, 2.45) is 5.73 Å². The topological polar surface area (TPSA) is 69.6 Å². The van der Waals surface area contributed by atoms with Gasteiger partial charge in [-0.15, -0.1) is 10.2 Å². The van der Waals surface area contributed by atoms with E-state index in [4.69, 9.17) is 18.0 Å². The number of nitrogens with two attached hydrogens (primary N) is 1. The molecular weight excluding hydrogens is 198 g/mol. The lowest BCUT2D eigenvalue weighted by atomic mass is 10.2. The van der Waals surface area contributed by atoms with E-state index in [9.17, 15) is 0 Å². The van der Waals surface area contributed by atoms with Crippen LogP contribution in [0.1, 0.15) is 5.56 Å². The van der Waals surface area contributed by atoms with Crippen molar-refractivity contribution in [2.75, 3.05) is 0 Å². The van der Waals surface area contributed by atoms with Gasteiger partial charge in [-0.05, 0) is 12.1 Å². The van der Waals surface area contributed by atoms with E-state index in [0.29, 0.717) is 10.8 Å². The van der Waals surface area contributed by atoms with E-state index in [-0.39, 0.29) is 0 Å². The Bertz CT molecular complexity index is 451. The van der Waals surface area contributed by atoms with Crippen molar-refractivity contribution >= 4 is 17.2 Å². The van der Waals surface area contributed by atoms with Gasteiger partial charge < -0.3 is 5.73 Å². The molecule has 0 bridgehead atoms. The molecular formula is C8H7N5S. The number of hydrogen-bond donors (Lipinski definition) is 1. The van der Waals surface area contributed by atoms with Gasteiger partial charge in [-0.25, -0.2) is 4.98 Å². The van der Waals surface area contributed by atoms with Crippen molar-refractivity contribution in [2.45, 2.75) is 0 Å². The first-order valence-electron chi connectivity index (χ1n) is 3.88. The number of thiocarbonyl (C=S) groups is 1. The van der Waals surface area contributed by atoms with E-state index in [1.54, 1.807) is 35.6 Å². The van der Waals surface area contributed by atoms with Crippen molar-refractivity contribution in [3.8, 4) is 5.82 Å². The smallest absolute Gasteiger partial charge is 0.139 e. The number of hydrogen-bond acceptors (Lipinski definition) is 4. The van der Waals surface area contributed by atoms with Crippen LogP contribution in [0.15, 0.2) is 31.0 Å². The normalized spacial score (nSPS) is 10.0. The second-order valence-corrected chi connectivity index (χ2v) is 3.08. The van der Waals surface area contributed by atoms with Crippen molar-refractivity contribution < 1.29 is 0 Å². The maximum atomic E-state index is 5.50. The molecule has 0 aliphatic heterocycles. The van der Waals surface area contributed by atoms with Crippen LogP contribution in [-0.2, 0) is 0 Å². The molecule has 0 unspecified atom stereocenters. The Balaban J connectivity index is 2.46. The first kappa shape index (κ1) is 8.76. The molecule has 2 heterocycles. The molecule has 5 nitrogen and oxygen atoms in total. The minimum absolute atomic E-state index is 0.349. The van der Waals surface area contributed by atoms with Crippen LogP contribution in [0.4, 0.5) is 0 Å². The molecule has 0 spiro atoms. The molecule has 0 aliphatic carbocycles. The van der Waals surface area contributed by atoms with Crippen molar-refractivity contribution in [3.05, 3.63) is 36.5 Å². The average Bonchev–Trinajstić information content (AvgIpc) is 2.71. The van der Waals surface area contributed by atoms with Gasteiger partial charge >= 0.3 is 0 Å². The second-order valence-electron chi connectivity index (χ2n) is 2.64. The Labute approximate surface area is 85.6 Å². The average molecular weight is 205 g/mol. The van der Waals surface area contributed by atoms with Crippen molar-refractivity contribution in [1.29, 1.82) is 0 Å². The molecule has 0 aliphatic rings. The second kappa shape index (κ2) is 3.51. The minimum Gasteiger partial charge on any atom is -0.389 e. The molecule has 0 radical (unpaired) electrons. The summed E-state index contributed by atoms with van der Waals surface area (Å²) in [6.07, 6.45) is 4.77. The van der Waals surface area contributed by atoms with Crippen LogP contribution in [0.2, 0.25) is 0 Å². The zero-order chi connectivity index (χ0) is 9.97. The molecule has 2 aromatic rings. The fraction of sp³-hybridized carbons (Fsp3) is 0. The summed E-state index contributed by atoms with van der Waals surface area (Å²) in [4.78, 5) is 4.48. The van der Waals surface area contributed by atoms with Gasteiger partial charge in [-0.1, -0.05) is 12.2 Å². The van der Waals surface area contributed by atoms with Crippen LogP contribution in [0, 0.1) is 0 Å². The van der Waals surface area contributed by atoms with Gasteiger partial charge in [0.25, 0.3) is 0 Å². The maximum Gasteiger partial charge on any atom is 0.139 e. The van der Waals surface area contributed by atoms with Crippen LogP contribution < -0.4 is 5.73 Å². The highest BCUT2D eigenvalue weighted by atomic mass is 32.1. The minimum atomic E-state index is 0.349. The monoisotopic (exact) mass is 205 g/mol. The summed E-state index contributed by atoms with van der Waals surface area (Å²) in [5, 5.41) is 7.36. The highest BCUT2D eigenvalue weighted by Crippen LogP contribution is 2.05. The molecule has 2 aromatic heterocycles. The lowest BCUT2D eigenvalue weighted by Crippen LogP contribution is -2.10. The summed E-state index contributed by atoms with van der Waals surface area (Å²) in [7, 11) is 0. The van der Waals surface area contributed by atoms with E-state index in [0.717, 1.165) is 5.56 Å². The van der Waals surface area contributed by atoms with Gasteiger partial charge in [-0.3, -0.25) is 4.57 Å². The molecule has 0 atom stereocenters. The Kier molecular flexibility index (Phi) is 2.19. The van der Waals surface area contributed by atoms with E-state index >= 15 is 0 Å². The van der Waals surface area contributed by atoms with E-state index in [1.807, 2.05) is 0 Å². The molecule has 70 valence electrons. The number of nitrogens with zero attached hydrogens (tertiary/aromatic N) is 4.